The van der Waals surface area contributed by atoms with Crippen molar-refractivity contribution >= 4 is 54.9 Å². The Hall–Kier alpha value is -2.23. The minimum absolute atomic E-state index is 0.00501. The molecule has 1 atom stereocenters. The fourth-order valence-corrected chi connectivity index (χ4v) is 7.59. The third kappa shape index (κ3) is 3.47. The second kappa shape index (κ2) is 8.28. The Morgan fingerprint density at radius 2 is 1.91 bits per heavy atom. The molecule has 6 nitrogen and oxygen atoms in total. The Bertz CT molecular complexity index is 1490. The van der Waals surface area contributed by atoms with E-state index in [4.69, 9.17) is 9.97 Å². The Labute approximate surface area is 197 Å². The van der Waals surface area contributed by atoms with Gasteiger partial charge in [-0.3, -0.25) is 14.2 Å². The molecule has 5 rings (SSSR count). The summed E-state index contributed by atoms with van der Waals surface area (Å²) in [4.78, 5) is 42.7. The maximum Gasteiger partial charge on any atom is 0.263 e. The van der Waals surface area contributed by atoms with E-state index in [1.807, 2.05) is 20.8 Å². The summed E-state index contributed by atoms with van der Waals surface area (Å²) < 4.78 is 1.70. The van der Waals surface area contributed by atoms with Gasteiger partial charge in [0.15, 0.2) is 5.16 Å². The van der Waals surface area contributed by atoms with Crippen molar-refractivity contribution in [2.45, 2.75) is 63.4 Å². The smallest absolute Gasteiger partial charge is 0.263 e. The van der Waals surface area contributed by atoms with Gasteiger partial charge in [-0.1, -0.05) is 17.8 Å². The maximum absolute atomic E-state index is 13.5. The van der Waals surface area contributed by atoms with E-state index in [1.165, 1.54) is 40.0 Å². The van der Waals surface area contributed by atoms with Crippen molar-refractivity contribution in [1.82, 2.24) is 19.5 Å². The Morgan fingerprint density at radius 3 is 2.69 bits per heavy atom. The van der Waals surface area contributed by atoms with Gasteiger partial charge in [-0.2, -0.15) is 0 Å². The monoisotopic (exact) mass is 484 g/mol. The van der Waals surface area contributed by atoms with Crippen molar-refractivity contribution in [3.05, 3.63) is 60.1 Å². The summed E-state index contributed by atoms with van der Waals surface area (Å²) in [6, 6.07) is 0. The molecule has 0 saturated heterocycles. The third-order valence-corrected chi connectivity index (χ3v) is 9.46. The third-order valence-electron chi connectivity index (χ3n) is 6.08. The van der Waals surface area contributed by atoms with E-state index in [-0.39, 0.29) is 16.4 Å². The molecule has 0 aromatic carbocycles. The molecule has 1 aliphatic carbocycles. The maximum atomic E-state index is 13.5. The highest BCUT2D eigenvalue weighted by Crippen LogP contribution is 2.37. The number of thioether (sulfide) groups is 1. The lowest BCUT2D eigenvalue weighted by atomic mass is 9.97. The molecule has 0 amide bonds. The number of fused-ring (bicyclic) bond motifs is 4. The molecular weight excluding hydrogens is 460 g/mol. The first-order chi connectivity index (χ1) is 15.4. The van der Waals surface area contributed by atoms with E-state index < -0.39 is 0 Å². The quantitative estimate of drug-likeness (QED) is 0.236. The molecule has 32 heavy (non-hydrogen) atoms. The molecule has 0 bridgehead atoms. The minimum Gasteiger partial charge on any atom is -0.309 e. The van der Waals surface area contributed by atoms with Crippen LogP contribution in [0.5, 0.6) is 0 Å². The van der Waals surface area contributed by atoms with Crippen LogP contribution in [-0.2, 0) is 19.4 Å². The van der Waals surface area contributed by atoms with Gasteiger partial charge in [-0.15, -0.1) is 29.3 Å². The van der Waals surface area contributed by atoms with E-state index in [1.54, 1.807) is 22.0 Å². The van der Waals surface area contributed by atoms with Crippen LogP contribution in [0, 0.1) is 13.8 Å². The fourth-order valence-electron chi connectivity index (χ4n) is 4.28. The number of nitrogens with one attached hydrogen (secondary N) is 1. The molecule has 0 fully saturated rings. The van der Waals surface area contributed by atoms with E-state index >= 15 is 0 Å². The molecule has 0 radical (unpaired) electrons. The molecule has 166 valence electrons. The molecule has 1 aliphatic rings. The zero-order chi connectivity index (χ0) is 22.6. The summed E-state index contributed by atoms with van der Waals surface area (Å²) in [6.45, 7) is 10.2. The van der Waals surface area contributed by atoms with Gasteiger partial charge in [0.2, 0.25) is 0 Å². The summed E-state index contributed by atoms with van der Waals surface area (Å²) in [7, 11) is 0. The van der Waals surface area contributed by atoms with Gasteiger partial charge < -0.3 is 4.98 Å². The number of hydrogen-bond acceptors (Lipinski definition) is 7. The van der Waals surface area contributed by atoms with Gasteiger partial charge in [0.1, 0.15) is 15.5 Å². The van der Waals surface area contributed by atoms with Gasteiger partial charge in [0.25, 0.3) is 11.1 Å². The number of allylic oxidation sites excluding steroid dienone is 1. The molecule has 0 aliphatic heterocycles. The van der Waals surface area contributed by atoms with Crippen LogP contribution in [0.3, 0.4) is 0 Å². The second-order valence-electron chi connectivity index (χ2n) is 8.16. The molecule has 4 heterocycles. The van der Waals surface area contributed by atoms with Crippen molar-refractivity contribution in [2.24, 2.45) is 0 Å². The highest BCUT2D eigenvalue weighted by molar-refractivity contribution is 7.99. The average Bonchev–Trinajstić information content (AvgIpc) is 3.27. The first kappa shape index (κ1) is 21.6. The zero-order valence-corrected chi connectivity index (χ0v) is 20.7. The average molecular weight is 485 g/mol. The number of aryl methyl sites for hydroxylation is 4. The number of aromatic amines is 1. The van der Waals surface area contributed by atoms with Crippen molar-refractivity contribution < 1.29 is 0 Å². The van der Waals surface area contributed by atoms with Crippen LogP contribution >= 0.6 is 34.4 Å². The van der Waals surface area contributed by atoms with Crippen LogP contribution in [0.2, 0.25) is 0 Å². The normalized spacial score (nSPS) is 14.7. The summed E-state index contributed by atoms with van der Waals surface area (Å²) in [5, 5.41) is 1.90. The number of thiophene rings is 2. The predicted molar refractivity (Wildman–Crippen MR) is 135 cm³/mol. The summed E-state index contributed by atoms with van der Waals surface area (Å²) in [5.41, 5.74) is 2.07. The van der Waals surface area contributed by atoms with Gasteiger partial charge in [0.05, 0.1) is 16.0 Å². The van der Waals surface area contributed by atoms with E-state index in [2.05, 4.69) is 11.6 Å². The van der Waals surface area contributed by atoms with Crippen molar-refractivity contribution in [3.8, 4) is 0 Å². The van der Waals surface area contributed by atoms with Crippen LogP contribution < -0.4 is 11.1 Å². The van der Waals surface area contributed by atoms with Crippen LogP contribution in [0.1, 0.15) is 51.7 Å². The van der Waals surface area contributed by atoms with Crippen LogP contribution in [0.4, 0.5) is 0 Å². The lowest BCUT2D eigenvalue weighted by molar-refractivity contribution is 0.666. The van der Waals surface area contributed by atoms with E-state index in [0.29, 0.717) is 22.9 Å². The summed E-state index contributed by atoms with van der Waals surface area (Å²) >= 11 is 4.64. The van der Waals surface area contributed by atoms with Crippen LogP contribution in [0.25, 0.3) is 20.4 Å². The zero-order valence-electron chi connectivity index (χ0n) is 18.3. The summed E-state index contributed by atoms with van der Waals surface area (Å²) in [5.74, 6) is 0.596. The van der Waals surface area contributed by atoms with Crippen LogP contribution in [-0.4, -0.2) is 19.5 Å². The molecule has 0 saturated carbocycles. The number of nitrogens with zero attached hydrogens (tertiary/aromatic N) is 3. The largest absolute Gasteiger partial charge is 0.309 e. The SMILES string of the molecule is C=CCn1c(SC(C)c2nc3sc(C)c(C)c3c(=O)[nH]2)nc2sc3c(c2c1=O)CCCC3. The lowest BCUT2D eigenvalue weighted by Crippen LogP contribution is -2.23. The van der Waals surface area contributed by atoms with Gasteiger partial charge in [0, 0.05) is 16.3 Å². The highest BCUT2D eigenvalue weighted by Gasteiger charge is 2.24. The molecular formula is C23H24N4O2S3. The van der Waals surface area contributed by atoms with Gasteiger partial charge in [-0.25, -0.2) is 9.97 Å². The lowest BCUT2D eigenvalue weighted by Gasteiger charge is -2.15. The topological polar surface area (TPSA) is 80.6 Å². The molecule has 4 aromatic heterocycles. The fraction of sp³-hybridized carbons (Fsp3) is 0.391. The van der Waals surface area contributed by atoms with Crippen molar-refractivity contribution in [1.29, 1.82) is 0 Å². The number of rotatable bonds is 5. The molecule has 4 aromatic rings. The Balaban J connectivity index is 1.59. The van der Waals surface area contributed by atoms with E-state index in [9.17, 15) is 9.59 Å². The Kier molecular flexibility index (Phi) is 5.59. The van der Waals surface area contributed by atoms with Gasteiger partial charge >= 0.3 is 0 Å². The summed E-state index contributed by atoms with van der Waals surface area (Å²) in [6.07, 6.45) is 6.00. The predicted octanol–water partition coefficient (Wildman–Crippen LogP) is 5.29. The number of H-pyrrole nitrogens is 1. The first-order valence-electron chi connectivity index (χ1n) is 10.7. The highest BCUT2D eigenvalue weighted by atomic mass is 32.2. The molecule has 1 N–H and O–H groups in total. The Morgan fingerprint density at radius 1 is 1.16 bits per heavy atom. The standard InChI is InChI=1S/C23H24N4O2S3/c1-5-10-27-22(29)17-14-8-6-7-9-15(14)32-21(17)26-23(27)31-13(4)18-24-19(28)16-11(2)12(3)30-20(16)25-18/h5,13H,1,6-10H2,2-4H3,(H,24,25,28). The molecule has 9 heteroatoms. The van der Waals surface area contributed by atoms with Crippen molar-refractivity contribution in [2.75, 3.05) is 0 Å². The first-order valence-corrected chi connectivity index (χ1v) is 13.2. The molecule has 0 spiro atoms. The molecule has 1 unspecified atom stereocenters. The second-order valence-corrected chi connectivity index (χ2v) is 11.8. The minimum atomic E-state index is -0.176. The van der Waals surface area contributed by atoms with E-state index in [0.717, 1.165) is 44.8 Å². The van der Waals surface area contributed by atoms with Gasteiger partial charge in [-0.05, 0) is 57.6 Å². The van der Waals surface area contributed by atoms with Crippen molar-refractivity contribution in [3.63, 3.8) is 0 Å². The number of hydrogen-bond donors (Lipinski definition) is 1. The number of aromatic nitrogens is 4. The van der Waals surface area contributed by atoms with Crippen LogP contribution in [0.15, 0.2) is 27.4 Å².